The summed E-state index contributed by atoms with van der Waals surface area (Å²) in [5.41, 5.74) is 1.61. The standard InChI is InChI=1S/C18H22N2O5.CH4/c1-12(2)24-17-8-9-20(19-17)14-7-6-13(3)15(10-14)25-16(11-22-4)18(21)23-5;/h6-12H,1-5H3;1H4/b16-11-;. The predicted molar refractivity (Wildman–Crippen MR) is 98.5 cm³/mol. The van der Waals surface area contributed by atoms with Crippen LogP contribution in [0.2, 0.25) is 0 Å². The summed E-state index contributed by atoms with van der Waals surface area (Å²) in [6.07, 6.45) is 3.03. The molecule has 0 spiro atoms. The first kappa shape index (κ1) is 21.1. The molecule has 0 amide bonds. The fourth-order valence-electron chi connectivity index (χ4n) is 2.04. The van der Waals surface area contributed by atoms with Gasteiger partial charge in [0.2, 0.25) is 11.6 Å². The van der Waals surface area contributed by atoms with Crippen LogP contribution in [0.4, 0.5) is 0 Å². The average molecular weight is 362 g/mol. The number of carbonyl (C=O) groups excluding carboxylic acids is 1. The minimum atomic E-state index is -0.627. The largest absolute Gasteiger partial charge is 0.500 e. The van der Waals surface area contributed by atoms with Crippen molar-refractivity contribution in [2.24, 2.45) is 0 Å². The monoisotopic (exact) mass is 362 g/mol. The van der Waals surface area contributed by atoms with Crippen LogP contribution in [0.5, 0.6) is 11.6 Å². The lowest BCUT2D eigenvalue weighted by atomic mass is 10.2. The van der Waals surface area contributed by atoms with Gasteiger partial charge in [0.1, 0.15) is 12.0 Å². The van der Waals surface area contributed by atoms with E-state index in [2.05, 4.69) is 9.84 Å². The Morgan fingerprint density at radius 1 is 1.23 bits per heavy atom. The van der Waals surface area contributed by atoms with Crippen molar-refractivity contribution in [1.82, 2.24) is 9.78 Å². The number of nitrogens with zero attached hydrogens (tertiary/aromatic N) is 2. The van der Waals surface area contributed by atoms with E-state index < -0.39 is 5.97 Å². The summed E-state index contributed by atoms with van der Waals surface area (Å²) in [6.45, 7) is 5.75. The number of hydrogen-bond acceptors (Lipinski definition) is 6. The Kier molecular flexibility index (Phi) is 7.71. The number of hydrogen-bond donors (Lipinski definition) is 0. The van der Waals surface area contributed by atoms with Gasteiger partial charge in [-0.3, -0.25) is 0 Å². The van der Waals surface area contributed by atoms with Crippen molar-refractivity contribution >= 4 is 5.97 Å². The quantitative estimate of drug-likeness (QED) is 0.425. The third-order valence-electron chi connectivity index (χ3n) is 3.19. The summed E-state index contributed by atoms with van der Waals surface area (Å²) in [5, 5.41) is 4.37. The molecule has 0 aliphatic heterocycles. The maximum atomic E-state index is 11.7. The summed E-state index contributed by atoms with van der Waals surface area (Å²) in [4.78, 5) is 11.7. The number of methoxy groups -OCH3 is 2. The molecular formula is C19H26N2O5. The van der Waals surface area contributed by atoms with Gasteiger partial charge in [0.15, 0.2) is 0 Å². The number of rotatable bonds is 7. The molecule has 0 unspecified atom stereocenters. The fraction of sp³-hybridized carbons (Fsp3) is 0.368. The maximum Gasteiger partial charge on any atom is 0.377 e. The van der Waals surface area contributed by atoms with Gasteiger partial charge in [-0.05, 0) is 32.4 Å². The second kappa shape index (κ2) is 9.50. The molecule has 1 aromatic heterocycles. The molecule has 0 fully saturated rings. The molecule has 0 N–H and O–H groups in total. The zero-order valence-electron chi connectivity index (χ0n) is 15.0. The van der Waals surface area contributed by atoms with Crippen LogP contribution in [-0.4, -0.2) is 36.1 Å². The normalized spacial score (nSPS) is 10.9. The Balaban J connectivity index is 0.00000338. The molecule has 2 rings (SSSR count). The predicted octanol–water partition coefficient (Wildman–Crippen LogP) is 3.64. The number of carbonyl (C=O) groups is 1. The molecule has 2 aromatic rings. The lowest BCUT2D eigenvalue weighted by molar-refractivity contribution is -0.138. The van der Waals surface area contributed by atoms with E-state index in [1.165, 1.54) is 20.5 Å². The summed E-state index contributed by atoms with van der Waals surface area (Å²) < 4.78 is 22.5. The number of ether oxygens (including phenoxy) is 4. The van der Waals surface area contributed by atoms with Gasteiger partial charge in [0.25, 0.3) is 0 Å². The van der Waals surface area contributed by atoms with Crippen molar-refractivity contribution in [3.05, 3.63) is 48.0 Å². The van der Waals surface area contributed by atoms with Crippen molar-refractivity contribution in [2.45, 2.75) is 34.3 Å². The van der Waals surface area contributed by atoms with Gasteiger partial charge in [-0.2, -0.15) is 0 Å². The van der Waals surface area contributed by atoms with Crippen molar-refractivity contribution in [2.75, 3.05) is 14.2 Å². The van der Waals surface area contributed by atoms with Gasteiger partial charge >= 0.3 is 5.97 Å². The maximum absolute atomic E-state index is 11.7. The van der Waals surface area contributed by atoms with E-state index in [9.17, 15) is 4.79 Å². The molecular weight excluding hydrogens is 336 g/mol. The summed E-state index contributed by atoms with van der Waals surface area (Å²) >= 11 is 0. The van der Waals surface area contributed by atoms with Gasteiger partial charge < -0.3 is 18.9 Å². The Hall–Kier alpha value is -2.96. The topological polar surface area (TPSA) is 71.8 Å². The highest BCUT2D eigenvalue weighted by atomic mass is 16.6. The van der Waals surface area contributed by atoms with Crippen LogP contribution in [0.25, 0.3) is 5.69 Å². The molecule has 0 saturated heterocycles. The molecule has 26 heavy (non-hydrogen) atoms. The van der Waals surface area contributed by atoms with E-state index in [0.717, 1.165) is 11.3 Å². The molecule has 1 heterocycles. The number of aryl methyl sites for hydroxylation is 1. The average Bonchev–Trinajstić information content (AvgIpc) is 3.03. The van der Waals surface area contributed by atoms with E-state index in [4.69, 9.17) is 14.2 Å². The summed E-state index contributed by atoms with van der Waals surface area (Å²) in [6, 6.07) is 7.32. The molecule has 0 saturated carbocycles. The van der Waals surface area contributed by atoms with E-state index in [-0.39, 0.29) is 19.3 Å². The first-order valence-electron chi connectivity index (χ1n) is 7.77. The third-order valence-corrected chi connectivity index (χ3v) is 3.19. The van der Waals surface area contributed by atoms with Gasteiger partial charge in [-0.1, -0.05) is 13.5 Å². The molecule has 0 aliphatic carbocycles. The molecule has 0 atom stereocenters. The second-order valence-corrected chi connectivity index (χ2v) is 5.53. The first-order chi connectivity index (χ1) is 11.9. The molecule has 1 aromatic carbocycles. The van der Waals surface area contributed by atoms with Gasteiger partial charge in [0, 0.05) is 18.3 Å². The zero-order valence-corrected chi connectivity index (χ0v) is 15.0. The van der Waals surface area contributed by atoms with Crippen LogP contribution in [0.1, 0.15) is 26.8 Å². The van der Waals surface area contributed by atoms with Crippen molar-refractivity contribution in [1.29, 1.82) is 0 Å². The molecule has 7 heteroatoms. The molecule has 7 nitrogen and oxygen atoms in total. The SMILES string of the molecule is C.CO/C=C(\Oc1cc(-n2ccc(OC(C)C)n2)ccc1C)C(=O)OC. The van der Waals surface area contributed by atoms with Crippen molar-refractivity contribution in [3.63, 3.8) is 0 Å². The lowest BCUT2D eigenvalue weighted by Crippen LogP contribution is -2.12. The third kappa shape index (κ3) is 5.27. The van der Waals surface area contributed by atoms with Crippen LogP contribution >= 0.6 is 0 Å². The van der Waals surface area contributed by atoms with E-state index in [0.29, 0.717) is 11.6 Å². The van der Waals surface area contributed by atoms with Crippen LogP contribution < -0.4 is 9.47 Å². The van der Waals surface area contributed by atoms with Crippen LogP contribution in [0.15, 0.2) is 42.5 Å². The number of aromatic nitrogens is 2. The summed E-state index contributed by atoms with van der Waals surface area (Å²) in [7, 11) is 2.70. The van der Waals surface area contributed by atoms with E-state index >= 15 is 0 Å². The smallest absolute Gasteiger partial charge is 0.377 e. The van der Waals surface area contributed by atoms with E-state index in [1.807, 2.05) is 32.9 Å². The minimum Gasteiger partial charge on any atom is -0.500 e. The lowest BCUT2D eigenvalue weighted by Gasteiger charge is -2.12. The Morgan fingerprint density at radius 2 is 1.96 bits per heavy atom. The van der Waals surface area contributed by atoms with Crippen LogP contribution in [-0.2, 0) is 14.3 Å². The number of esters is 1. The number of benzene rings is 1. The Labute approximate surface area is 154 Å². The highest BCUT2D eigenvalue weighted by Gasteiger charge is 2.15. The molecule has 0 radical (unpaired) electrons. The Bertz CT molecular complexity index is 765. The molecule has 0 aliphatic rings. The first-order valence-corrected chi connectivity index (χ1v) is 7.77. The highest BCUT2D eigenvalue weighted by molar-refractivity contribution is 5.86. The van der Waals surface area contributed by atoms with Gasteiger partial charge in [0.05, 0.1) is 26.0 Å². The summed E-state index contributed by atoms with van der Waals surface area (Å²) in [5.74, 6) is 0.355. The van der Waals surface area contributed by atoms with Crippen LogP contribution in [0.3, 0.4) is 0 Å². The van der Waals surface area contributed by atoms with Crippen molar-refractivity contribution in [3.8, 4) is 17.3 Å². The van der Waals surface area contributed by atoms with Gasteiger partial charge in [-0.25, -0.2) is 9.48 Å². The Morgan fingerprint density at radius 3 is 2.58 bits per heavy atom. The van der Waals surface area contributed by atoms with Crippen LogP contribution in [0, 0.1) is 6.92 Å². The van der Waals surface area contributed by atoms with Crippen molar-refractivity contribution < 1.29 is 23.7 Å². The molecule has 142 valence electrons. The zero-order chi connectivity index (χ0) is 18.4. The van der Waals surface area contributed by atoms with E-state index in [1.54, 1.807) is 23.0 Å². The van der Waals surface area contributed by atoms with Gasteiger partial charge in [-0.15, -0.1) is 5.10 Å². The second-order valence-electron chi connectivity index (χ2n) is 5.53. The highest BCUT2D eigenvalue weighted by Crippen LogP contribution is 2.25. The minimum absolute atomic E-state index is 0. The molecule has 0 bridgehead atoms. The fourth-order valence-corrected chi connectivity index (χ4v) is 2.04.